The van der Waals surface area contributed by atoms with Gasteiger partial charge in [-0.3, -0.25) is 9.59 Å². The van der Waals surface area contributed by atoms with Crippen molar-refractivity contribution >= 4 is 11.7 Å². The Bertz CT molecular complexity index is 289. The number of nitrogens with zero attached hydrogens (tertiary/aromatic N) is 1. The Morgan fingerprint density at radius 1 is 1.06 bits per heavy atom. The van der Waals surface area contributed by atoms with Crippen molar-refractivity contribution in [2.24, 2.45) is 0 Å². The molecule has 0 spiro atoms. The summed E-state index contributed by atoms with van der Waals surface area (Å²) < 4.78 is 0. The molecule has 92 valence electrons. The van der Waals surface area contributed by atoms with E-state index < -0.39 is 0 Å². The molecule has 16 heavy (non-hydrogen) atoms. The van der Waals surface area contributed by atoms with Crippen LogP contribution in [0.2, 0.25) is 0 Å². The quantitative estimate of drug-likeness (QED) is 0.677. The second-order valence-electron chi connectivity index (χ2n) is 5.90. The Morgan fingerprint density at radius 2 is 1.50 bits per heavy atom. The van der Waals surface area contributed by atoms with Crippen LogP contribution in [0.25, 0.3) is 0 Å². The second-order valence-corrected chi connectivity index (χ2v) is 5.90. The molecular weight excluding hydrogens is 202 g/mol. The number of amides is 1. The number of carbonyl (C=O) groups is 2. The molecule has 3 nitrogen and oxygen atoms in total. The highest BCUT2D eigenvalue weighted by Gasteiger charge is 2.45. The number of Topliss-reactive ketones (excluding diaryl/α,β-unsaturated/α-hetero) is 1. The lowest BCUT2D eigenvalue weighted by molar-refractivity contribution is -0.157. The van der Waals surface area contributed by atoms with Crippen LogP contribution in [0.15, 0.2) is 0 Å². The number of hydrogen-bond acceptors (Lipinski definition) is 2. The van der Waals surface area contributed by atoms with Gasteiger partial charge < -0.3 is 4.90 Å². The molecule has 0 atom stereocenters. The summed E-state index contributed by atoms with van der Waals surface area (Å²) in [6.07, 6.45) is 3.35. The van der Waals surface area contributed by atoms with Gasteiger partial charge in [-0.15, -0.1) is 0 Å². The van der Waals surface area contributed by atoms with Gasteiger partial charge in [-0.25, -0.2) is 0 Å². The van der Waals surface area contributed by atoms with Gasteiger partial charge in [0.1, 0.15) is 0 Å². The molecule has 1 heterocycles. The van der Waals surface area contributed by atoms with Crippen LogP contribution in [-0.2, 0) is 9.59 Å². The summed E-state index contributed by atoms with van der Waals surface area (Å²) in [6, 6.07) is 0. The number of piperidine rings is 1. The third kappa shape index (κ3) is 2.28. The second kappa shape index (κ2) is 4.19. The Labute approximate surface area is 98.2 Å². The third-order valence-corrected chi connectivity index (χ3v) is 3.55. The Kier molecular flexibility index (Phi) is 3.46. The molecule has 3 heteroatoms. The molecule has 0 N–H and O–H groups in total. The molecule has 1 fully saturated rings. The van der Waals surface area contributed by atoms with Crippen LogP contribution in [0.5, 0.6) is 0 Å². The smallest absolute Gasteiger partial charge is 0.290 e. The maximum atomic E-state index is 12.1. The molecule has 0 radical (unpaired) electrons. The minimum Gasteiger partial charge on any atom is -0.326 e. The lowest BCUT2D eigenvalue weighted by atomic mass is 9.79. The van der Waals surface area contributed by atoms with Crippen LogP contribution in [0.4, 0.5) is 0 Å². The SMILES string of the molecule is CCC(=O)C(=O)N1C(C)(C)CCCC1(C)C. The first-order valence-electron chi connectivity index (χ1n) is 6.10. The van der Waals surface area contributed by atoms with Crippen molar-refractivity contribution in [2.75, 3.05) is 0 Å². The van der Waals surface area contributed by atoms with E-state index in [2.05, 4.69) is 27.7 Å². The van der Waals surface area contributed by atoms with Gasteiger partial charge >= 0.3 is 0 Å². The van der Waals surface area contributed by atoms with Gasteiger partial charge in [0.2, 0.25) is 5.78 Å². The summed E-state index contributed by atoms with van der Waals surface area (Å²) in [5.74, 6) is -0.583. The van der Waals surface area contributed by atoms with E-state index in [-0.39, 0.29) is 22.8 Å². The standard InChI is InChI=1S/C13H23NO2/c1-6-10(15)11(16)14-12(2,3)8-7-9-13(14,4)5/h6-9H2,1-5H3. The van der Waals surface area contributed by atoms with Crippen molar-refractivity contribution in [1.82, 2.24) is 4.90 Å². The monoisotopic (exact) mass is 225 g/mol. The fraction of sp³-hybridized carbons (Fsp3) is 0.846. The van der Waals surface area contributed by atoms with Crippen molar-refractivity contribution in [2.45, 2.75) is 71.4 Å². The molecule has 0 aromatic rings. The number of likely N-dealkylation sites (tertiary alicyclic amines) is 1. The number of ketones is 1. The first-order valence-corrected chi connectivity index (χ1v) is 6.10. The van der Waals surface area contributed by atoms with Crippen molar-refractivity contribution in [3.63, 3.8) is 0 Å². The fourth-order valence-corrected chi connectivity index (χ4v) is 2.82. The summed E-state index contributed by atoms with van der Waals surface area (Å²) in [5, 5.41) is 0. The van der Waals surface area contributed by atoms with Gasteiger partial charge in [-0.05, 0) is 47.0 Å². The van der Waals surface area contributed by atoms with E-state index in [0.29, 0.717) is 6.42 Å². The number of hydrogen-bond donors (Lipinski definition) is 0. The van der Waals surface area contributed by atoms with Gasteiger partial charge in [0.25, 0.3) is 5.91 Å². The molecule has 1 aliphatic rings. The van der Waals surface area contributed by atoms with E-state index in [9.17, 15) is 9.59 Å². The normalized spacial score (nSPS) is 22.9. The van der Waals surface area contributed by atoms with E-state index in [1.54, 1.807) is 11.8 Å². The van der Waals surface area contributed by atoms with Crippen molar-refractivity contribution in [1.29, 1.82) is 0 Å². The Balaban J connectivity index is 3.04. The summed E-state index contributed by atoms with van der Waals surface area (Å²) in [6.45, 7) is 9.94. The van der Waals surface area contributed by atoms with Crippen LogP contribution >= 0.6 is 0 Å². The first-order chi connectivity index (χ1) is 7.22. The third-order valence-electron chi connectivity index (χ3n) is 3.55. The minimum absolute atomic E-state index is 0.205. The van der Waals surface area contributed by atoms with Gasteiger partial charge in [-0.1, -0.05) is 6.92 Å². The molecule has 1 aliphatic heterocycles. The molecule has 1 saturated heterocycles. The maximum absolute atomic E-state index is 12.1. The topological polar surface area (TPSA) is 37.4 Å². The molecule has 0 bridgehead atoms. The zero-order valence-corrected chi connectivity index (χ0v) is 11.1. The Hall–Kier alpha value is -0.860. The summed E-state index contributed by atoms with van der Waals surface area (Å²) in [5.41, 5.74) is -0.409. The zero-order chi connectivity index (χ0) is 12.6. The van der Waals surface area contributed by atoms with E-state index in [1.807, 2.05) is 0 Å². The van der Waals surface area contributed by atoms with Crippen molar-refractivity contribution < 1.29 is 9.59 Å². The van der Waals surface area contributed by atoms with Crippen LogP contribution in [0.3, 0.4) is 0 Å². The maximum Gasteiger partial charge on any atom is 0.290 e. The van der Waals surface area contributed by atoms with Crippen LogP contribution in [0.1, 0.15) is 60.3 Å². The van der Waals surface area contributed by atoms with Crippen LogP contribution < -0.4 is 0 Å². The molecule has 0 saturated carbocycles. The largest absolute Gasteiger partial charge is 0.326 e. The van der Waals surface area contributed by atoms with Crippen LogP contribution in [0, 0.1) is 0 Å². The molecule has 0 aromatic heterocycles. The fourth-order valence-electron chi connectivity index (χ4n) is 2.82. The lowest BCUT2D eigenvalue weighted by Gasteiger charge is -2.52. The average Bonchev–Trinajstić information content (AvgIpc) is 2.13. The predicted molar refractivity (Wildman–Crippen MR) is 64.2 cm³/mol. The van der Waals surface area contributed by atoms with Gasteiger partial charge in [0, 0.05) is 17.5 Å². The van der Waals surface area contributed by atoms with Gasteiger partial charge in [0.15, 0.2) is 0 Å². The van der Waals surface area contributed by atoms with Crippen molar-refractivity contribution in [3.05, 3.63) is 0 Å². The highest BCUT2D eigenvalue weighted by Crippen LogP contribution is 2.38. The number of carbonyl (C=O) groups excluding carboxylic acids is 2. The van der Waals surface area contributed by atoms with Gasteiger partial charge in [0.05, 0.1) is 0 Å². The summed E-state index contributed by atoms with van der Waals surface area (Å²) in [4.78, 5) is 25.5. The number of rotatable bonds is 2. The molecule has 0 unspecified atom stereocenters. The van der Waals surface area contributed by atoms with Crippen molar-refractivity contribution in [3.8, 4) is 0 Å². The summed E-state index contributed by atoms with van der Waals surface area (Å²) >= 11 is 0. The molecule has 0 aromatic carbocycles. The lowest BCUT2D eigenvalue weighted by Crippen LogP contribution is -2.62. The van der Waals surface area contributed by atoms with E-state index in [1.165, 1.54) is 0 Å². The zero-order valence-electron chi connectivity index (χ0n) is 11.1. The van der Waals surface area contributed by atoms with E-state index >= 15 is 0 Å². The van der Waals surface area contributed by atoms with E-state index in [0.717, 1.165) is 19.3 Å². The first kappa shape index (κ1) is 13.2. The van der Waals surface area contributed by atoms with Gasteiger partial charge in [-0.2, -0.15) is 0 Å². The predicted octanol–water partition coefficient (Wildman–Crippen LogP) is 2.54. The highest BCUT2D eigenvalue weighted by molar-refractivity contribution is 6.36. The molecule has 1 amide bonds. The average molecular weight is 225 g/mol. The molecule has 0 aliphatic carbocycles. The van der Waals surface area contributed by atoms with Crippen LogP contribution in [-0.4, -0.2) is 27.7 Å². The Morgan fingerprint density at radius 3 is 1.88 bits per heavy atom. The molecular formula is C13H23NO2. The van der Waals surface area contributed by atoms with E-state index in [4.69, 9.17) is 0 Å². The minimum atomic E-state index is -0.308. The summed E-state index contributed by atoms with van der Waals surface area (Å²) in [7, 11) is 0. The molecule has 1 rings (SSSR count). The highest BCUT2D eigenvalue weighted by atomic mass is 16.2.